The van der Waals surface area contributed by atoms with E-state index in [2.05, 4.69) is 17.4 Å². The van der Waals surface area contributed by atoms with Crippen molar-refractivity contribution in [2.75, 3.05) is 38.8 Å². The van der Waals surface area contributed by atoms with Crippen LogP contribution in [0.1, 0.15) is 6.42 Å². The fourth-order valence-corrected chi connectivity index (χ4v) is 1.21. The topological polar surface area (TPSA) is 30.5 Å². The summed E-state index contributed by atoms with van der Waals surface area (Å²) in [6, 6.07) is 10.2. The summed E-state index contributed by atoms with van der Waals surface area (Å²) in [5.41, 5.74) is 1.16. The molecule has 3 nitrogen and oxygen atoms in total. The molecule has 1 aromatic carbocycles. The maximum absolute atomic E-state index is 5.35. The molecule has 0 fully saturated rings. The number of rotatable bonds is 8. The Balaban J connectivity index is 1.93. The molecule has 84 valence electrons. The first kappa shape index (κ1) is 12.0. The van der Waals surface area contributed by atoms with Gasteiger partial charge < -0.3 is 14.8 Å². The van der Waals surface area contributed by atoms with Gasteiger partial charge in [0.1, 0.15) is 0 Å². The van der Waals surface area contributed by atoms with Crippen LogP contribution in [0.4, 0.5) is 5.69 Å². The highest BCUT2D eigenvalue weighted by Gasteiger charge is 1.90. The predicted octanol–water partition coefficient (Wildman–Crippen LogP) is 2.15. The molecule has 0 radical (unpaired) electrons. The molecule has 0 spiro atoms. The monoisotopic (exact) mass is 209 g/mol. The SMILES string of the molecule is COCCOCCCNc1ccccc1. The Morgan fingerprint density at radius 1 is 1.07 bits per heavy atom. The molecule has 0 heterocycles. The lowest BCUT2D eigenvalue weighted by atomic mass is 10.3. The Morgan fingerprint density at radius 3 is 2.60 bits per heavy atom. The molecule has 1 rings (SSSR count). The molecule has 0 amide bonds. The van der Waals surface area contributed by atoms with Gasteiger partial charge in [0.2, 0.25) is 0 Å². The van der Waals surface area contributed by atoms with Crippen LogP contribution in [0.15, 0.2) is 30.3 Å². The van der Waals surface area contributed by atoms with E-state index in [-0.39, 0.29) is 0 Å². The minimum Gasteiger partial charge on any atom is -0.385 e. The highest BCUT2D eigenvalue weighted by atomic mass is 16.5. The lowest BCUT2D eigenvalue weighted by Crippen LogP contribution is -2.08. The van der Waals surface area contributed by atoms with Crippen molar-refractivity contribution in [3.63, 3.8) is 0 Å². The number of nitrogens with one attached hydrogen (secondary N) is 1. The van der Waals surface area contributed by atoms with Gasteiger partial charge in [-0.25, -0.2) is 0 Å². The summed E-state index contributed by atoms with van der Waals surface area (Å²) in [6.07, 6.45) is 1.01. The van der Waals surface area contributed by atoms with Gasteiger partial charge in [0.15, 0.2) is 0 Å². The molecule has 0 saturated carbocycles. The average Bonchev–Trinajstić information content (AvgIpc) is 2.29. The van der Waals surface area contributed by atoms with Crippen molar-refractivity contribution in [3.8, 4) is 0 Å². The van der Waals surface area contributed by atoms with E-state index in [9.17, 15) is 0 Å². The lowest BCUT2D eigenvalue weighted by Gasteiger charge is -2.06. The molecular formula is C12H19NO2. The molecule has 3 heteroatoms. The molecule has 1 aromatic rings. The molecular weight excluding hydrogens is 190 g/mol. The second-order valence-corrected chi connectivity index (χ2v) is 3.25. The summed E-state index contributed by atoms with van der Waals surface area (Å²) in [7, 11) is 1.68. The molecule has 0 unspecified atom stereocenters. The summed E-state index contributed by atoms with van der Waals surface area (Å²) in [6.45, 7) is 3.08. The van der Waals surface area contributed by atoms with Gasteiger partial charge in [-0.05, 0) is 18.6 Å². The van der Waals surface area contributed by atoms with Gasteiger partial charge in [0.05, 0.1) is 13.2 Å². The molecule has 0 aliphatic heterocycles. The Bertz CT molecular complexity index is 239. The van der Waals surface area contributed by atoms with Crippen molar-refractivity contribution in [1.29, 1.82) is 0 Å². The zero-order chi connectivity index (χ0) is 10.8. The number of para-hydroxylation sites is 1. The van der Waals surface area contributed by atoms with Crippen molar-refractivity contribution in [2.24, 2.45) is 0 Å². The molecule has 0 saturated heterocycles. The van der Waals surface area contributed by atoms with Crippen LogP contribution in [0.25, 0.3) is 0 Å². The predicted molar refractivity (Wildman–Crippen MR) is 62.2 cm³/mol. The van der Waals surface area contributed by atoms with Crippen LogP contribution < -0.4 is 5.32 Å². The van der Waals surface area contributed by atoms with Crippen molar-refractivity contribution in [1.82, 2.24) is 0 Å². The van der Waals surface area contributed by atoms with Gasteiger partial charge in [0, 0.05) is 25.9 Å². The molecule has 0 bridgehead atoms. The van der Waals surface area contributed by atoms with Crippen LogP contribution in [0.5, 0.6) is 0 Å². The fourth-order valence-electron chi connectivity index (χ4n) is 1.21. The molecule has 0 aliphatic carbocycles. The molecule has 0 atom stereocenters. The van der Waals surface area contributed by atoms with Crippen molar-refractivity contribution >= 4 is 5.69 Å². The van der Waals surface area contributed by atoms with Crippen LogP contribution in [0.3, 0.4) is 0 Å². The first-order valence-corrected chi connectivity index (χ1v) is 5.29. The summed E-state index contributed by atoms with van der Waals surface area (Å²) >= 11 is 0. The average molecular weight is 209 g/mol. The van der Waals surface area contributed by atoms with E-state index in [1.807, 2.05) is 18.2 Å². The molecule has 15 heavy (non-hydrogen) atoms. The quantitative estimate of drug-likeness (QED) is 0.665. The van der Waals surface area contributed by atoms with E-state index in [1.54, 1.807) is 7.11 Å². The van der Waals surface area contributed by atoms with E-state index in [0.717, 1.165) is 25.3 Å². The Morgan fingerprint density at radius 2 is 1.87 bits per heavy atom. The van der Waals surface area contributed by atoms with Crippen LogP contribution in [-0.4, -0.2) is 33.5 Å². The van der Waals surface area contributed by atoms with Gasteiger partial charge in [-0.1, -0.05) is 18.2 Å². The summed E-state index contributed by atoms with van der Waals surface area (Å²) < 4.78 is 10.2. The minimum atomic E-state index is 0.673. The Kier molecular flexibility index (Phi) is 6.62. The molecule has 1 N–H and O–H groups in total. The number of methoxy groups -OCH3 is 1. The van der Waals surface area contributed by atoms with Gasteiger partial charge in [0.25, 0.3) is 0 Å². The van der Waals surface area contributed by atoms with E-state index in [1.165, 1.54) is 0 Å². The lowest BCUT2D eigenvalue weighted by molar-refractivity contribution is 0.0705. The van der Waals surface area contributed by atoms with Gasteiger partial charge in [-0.15, -0.1) is 0 Å². The second-order valence-electron chi connectivity index (χ2n) is 3.25. The van der Waals surface area contributed by atoms with Crippen LogP contribution in [-0.2, 0) is 9.47 Å². The molecule has 0 aliphatic rings. The number of anilines is 1. The maximum atomic E-state index is 5.35. The number of benzene rings is 1. The second kappa shape index (κ2) is 8.26. The zero-order valence-electron chi connectivity index (χ0n) is 9.24. The first-order valence-electron chi connectivity index (χ1n) is 5.29. The standard InChI is InChI=1S/C12H19NO2/c1-14-10-11-15-9-5-8-13-12-6-3-2-4-7-12/h2-4,6-7,13H,5,8-11H2,1H3. The highest BCUT2D eigenvalue weighted by Crippen LogP contribution is 2.04. The van der Waals surface area contributed by atoms with E-state index < -0.39 is 0 Å². The first-order chi connectivity index (χ1) is 7.43. The molecule has 0 aromatic heterocycles. The largest absolute Gasteiger partial charge is 0.385 e. The van der Waals surface area contributed by atoms with E-state index in [0.29, 0.717) is 13.2 Å². The van der Waals surface area contributed by atoms with Crippen LogP contribution in [0, 0.1) is 0 Å². The minimum absolute atomic E-state index is 0.673. The third-order valence-corrected chi connectivity index (χ3v) is 2.00. The Hall–Kier alpha value is -1.06. The number of ether oxygens (including phenoxy) is 2. The van der Waals surface area contributed by atoms with Gasteiger partial charge in [-0.2, -0.15) is 0 Å². The summed E-state index contributed by atoms with van der Waals surface area (Å²) in [4.78, 5) is 0. The van der Waals surface area contributed by atoms with Crippen molar-refractivity contribution in [2.45, 2.75) is 6.42 Å². The fraction of sp³-hybridized carbons (Fsp3) is 0.500. The van der Waals surface area contributed by atoms with Gasteiger partial charge >= 0.3 is 0 Å². The Labute approximate surface area is 91.4 Å². The third kappa shape index (κ3) is 6.10. The third-order valence-electron chi connectivity index (χ3n) is 2.00. The van der Waals surface area contributed by atoms with Crippen LogP contribution in [0.2, 0.25) is 0 Å². The van der Waals surface area contributed by atoms with E-state index >= 15 is 0 Å². The summed E-state index contributed by atoms with van der Waals surface area (Å²) in [5.74, 6) is 0. The zero-order valence-corrected chi connectivity index (χ0v) is 9.24. The van der Waals surface area contributed by atoms with Gasteiger partial charge in [-0.3, -0.25) is 0 Å². The van der Waals surface area contributed by atoms with E-state index in [4.69, 9.17) is 9.47 Å². The van der Waals surface area contributed by atoms with Crippen molar-refractivity contribution in [3.05, 3.63) is 30.3 Å². The van der Waals surface area contributed by atoms with Crippen LogP contribution >= 0.6 is 0 Å². The van der Waals surface area contributed by atoms with Crippen molar-refractivity contribution < 1.29 is 9.47 Å². The summed E-state index contributed by atoms with van der Waals surface area (Å²) in [5, 5.41) is 3.32. The normalized spacial score (nSPS) is 10.2. The highest BCUT2D eigenvalue weighted by molar-refractivity contribution is 5.42. The number of hydrogen-bond donors (Lipinski definition) is 1. The maximum Gasteiger partial charge on any atom is 0.0700 e. The smallest absolute Gasteiger partial charge is 0.0700 e. The number of hydrogen-bond acceptors (Lipinski definition) is 3.